The summed E-state index contributed by atoms with van der Waals surface area (Å²) < 4.78 is 17.1. The summed E-state index contributed by atoms with van der Waals surface area (Å²) in [7, 11) is 0. The number of nitrogen functional groups attached to an aromatic ring is 1. The molecule has 1 aliphatic rings. The van der Waals surface area contributed by atoms with Crippen molar-refractivity contribution >= 4 is 5.69 Å². The molecule has 1 saturated heterocycles. The van der Waals surface area contributed by atoms with Gasteiger partial charge in [0.15, 0.2) is 11.5 Å². The van der Waals surface area contributed by atoms with Crippen LogP contribution in [0.15, 0.2) is 48.5 Å². The van der Waals surface area contributed by atoms with Gasteiger partial charge in [-0.15, -0.1) is 0 Å². The summed E-state index contributed by atoms with van der Waals surface area (Å²) >= 11 is 0. The number of ether oxygens (including phenoxy) is 3. The van der Waals surface area contributed by atoms with Crippen LogP contribution in [0, 0.1) is 0 Å². The van der Waals surface area contributed by atoms with Gasteiger partial charge in [-0.25, -0.2) is 0 Å². The fourth-order valence-electron chi connectivity index (χ4n) is 2.10. The molecule has 0 aromatic heterocycles. The molecule has 0 amide bonds. The molecule has 4 heteroatoms. The summed E-state index contributed by atoms with van der Waals surface area (Å²) in [5.74, 6) is 2.09. The van der Waals surface area contributed by atoms with Gasteiger partial charge in [-0.1, -0.05) is 18.2 Å². The first-order valence-corrected chi connectivity index (χ1v) is 6.68. The van der Waals surface area contributed by atoms with Crippen molar-refractivity contribution in [3.63, 3.8) is 0 Å². The lowest BCUT2D eigenvalue weighted by Crippen LogP contribution is -2.16. The first-order chi connectivity index (χ1) is 9.81. The van der Waals surface area contributed by atoms with E-state index in [-0.39, 0.29) is 6.10 Å². The van der Waals surface area contributed by atoms with Crippen LogP contribution in [0.1, 0.15) is 6.42 Å². The van der Waals surface area contributed by atoms with E-state index in [2.05, 4.69) is 0 Å². The van der Waals surface area contributed by atoms with E-state index in [0.29, 0.717) is 23.8 Å². The first kappa shape index (κ1) is 12.8. The predicted octanol–water partition coefficient (Wildman–Crippen LogP) is 3.23. The quantitative estimate of drug-likeness (QED) is 0.867. The Morgan fingerprint density at radius 1 is 1.05 bits per heavy atom. The summed E-state index contributed by atoms with van der Waals surface area (Å²) in [5, 5.41) is 0. The number of hydrogen-bond acceptors (Lipinski definition) is 4. The highest BCUT2D eigenvalue weighted by Gasteiger charge is 2.19. The van der Waals surface area contributed by atoms with E-state index >= 15 is 0 Å². The number of para-hydroxylation sites is 1. The Bertz CT molecular complexity index is 565. The molecule has 1 aliphatic heterocycles. The summed E-state index contributed by atoms with van der Waals surface area (Å²) in [4.78, 5) is 0. The second-order valence-corrected chi connectivity index (χ2v) is 4.72. The molecule has 0 radical (unpaired) electrons. The van der Waals surface area contributed by atoms with Crippen molar-refractivity contribution in [2.75, 3.05) is 18.9 Å². The third kappa shape index (κ3) is 3.03. The van der Waals surface area contributed by atoms with E-state index < -0.39 is 0 Å². The van der Waals surface area contributed by atoms with Crippen LogP contribution in [0.4, 0.5) is 5.69 Å². The molecule has 104 valence electrons. The number of anilines is 1. The van der Waals surface area contributed by atoms with Crippen molar-refractivity contribution < 1.29 is 14.2 Å². The predicted molar refractivity (Wildman–Crippen MR) is 77.2 cm³/mol. The molecule has 1 fully saturated rings. The minimum atomic E-state index is 0.0647. The van der Waals surface area contributed by atoms with Gasteiger partial charge in [-0.3, -0.25) is 0 Å². The smallest absolute Gasteiger partial charge is 0.169 e. The van der Waals surface area contributed by atoms with Crippen LogP contribution >= 0.6 is 0 Å². The Morgan fingerprint density at radius 3 is 2.65 bits per heavy atom. The maximum atomic E-state index is 5.93. The molecule has 1 heterocycles. The Morgan fingerprint density at radius 2 is 1.90 bits per heavy atom. The van der Waals surface area contributed by atoms with Gasteiger partial charge in [0.2, 0.25) is 0 Å². The van der Waals surface area contributed by atoms with Crippen molar-refractivity contribution in [3.05, 3.63) is 48.5 Å². The molecule has 1 atom stereocenters. The second kappa shape index (κ2) is 5.84. The van der Waals surface area contributed by atoms with Gasteiger partial charge in [0, 0.05) is 18.2 Å². The summed E-state index contributed by atoms with van der Waals surface area (Å²) in [6.45, 7) is 1.35. The molecular formula is C16H17NO3. The van der Waals surface area contributed by atoms with Crippen LogP contribution < -0.4 is 15.2 Å². The molecule has 0 spiro atoms. The molecule has 20 heavy (non-hydrogen) atoms. The number of hydrogen-bond donors (Lipinski definition) is 1. The molecular weight excluding hydrogens is 254 g/mol. The zero-order valence-electron chi connectivity index (χ0n) is 11.1. The largest absolute Gasteiger partial charge is 0.484 e. The SMILES string of the molecule is Nc1ccc(Oc2ccccc2)c(OC2CCOC2)c1. The van der Waals surface area contributed by atoms with Gasteiger partial charge < -0.3 is 19.9 Å². The normalized spacial score (nSPS) is 17.9. The average Bonchev–Trinajstić information content (AvgIpc) is 2.96. The maximum absolute atomic E-state index is 5.93. The van der Waals surface area contributed by atoms with Crippen molar-refractivity contribution in [3.8, 4) is 17.2 Å². The Labute approximate surface area is 118 Å². The van der Waals surface area contributed by atoms with Crippen molar-refractivity contribution in [1.29, 1.82) is 0 Å². The van der Waals surface area contributed by atoms with Crippen molar-refractivity contribution in [1.82, 2.24) is 0 Å². The lowest BCUT2D eigenvalue weighted by atomic mass is 10.2. The highest BCUT2D eigenvalue weighted by Crippen LogP contribution is 2.34. The van der Waals surface area contributed by atoms with E-state index in [1.807, 2.05) is 36.4 Å². The van der Waals surface area contributed by atoms with Gasteiger partial charge in [-0.05, 0) is 24.3 Å². The fourth-order valence-corrected chi connectivity index (χ4v) is 2.10. The average molecular weight is 271 g/mol. The minimum absolute atomic E-state index is 0.0647. The number of benzene rings is 2. The van der Waals surface area contributed by atoms with Crippen molar-refractivity contribution in [2.45, 2.75) is 12.5 Å². The van der Waals surface area contributed by atoms with Gasteiger partial charge >= 0.3 is 0 Å². The van der Waals surface area contributed by atoms with Crippen LogP contribution in [-0.2, 0) is 4.74 Å². The third-order valence-corrected chi connectivity index (χ3v) is 3.12. The van der Waals surface area contributed by atoms with E-state index in [1.165, 1.54) is 0 Å². The monoisotopic (exact) mass is 271 g/mol. The van der Waals surface area contributed by atoms with Crippen LogP contribution in [-0.4, -0.2) is 19.3 Å². The number of rotatable bonds is 4. The maximum Gasteiger partial charge on any atom is 0.169 e. The van der Waals surface area contributed by atoms with E-state index in [9.17, 15) is 0 Å². The minimum Gasteiger partial charge on any atom is -0.484 e. The third-order valence-electron chi connectivity index (χ3n) is 3.12. The first-order valence-electron chi connectivity index (χ1n) is 6.68. The Hall–Kier alpha value is -2.20. The highest BCUT2D eigenvalue weighted by atomic mass is 16.6. The van der Waals surface area contributed by atoms with Crippen molar-refractivity contribution in [2.24, 2.45) is 0 Å². The lowest BCUT2D eigenvalue weighted by molar-refractivity contribution is 0.139. The Kier molecular flexibility index (Phi) is 3.74. The van der Waals surface area contributed by atoms with Gasteiger partial charge in [0.25, 0.3) is 0 Å². The van der Waals surface area contributed by atoms with Crippen LogP contribution in [0.25, 0.3) is 0 Å². The Balaban J connectivity index is 1.82. The van der Waals surface area contributed by atoms with E-state index in [0.717, 1.165) is 18.8 Å². The molecule has 2 N–H and O–H groups in total. The van der Waals surface area contributed by atoms with Crippen LogP contribution in [0.3, 0.4) is 0 Å². The topological polar surface area (TPSA) is 53.7 Å². The number of nitrogens with two attached hydrogens (primary N) is 1. The summed E-state index contributed by atoms with van der Waals surface area (Å²) in [6, 6.07) is 15.0. The van der Waals surface area contributed by atoms with Gasteiger partial charge in [-0.2, -0.15) is 0 Å². The molecule has 1 unspecified atom stereocenters. The standard InChI is InChI=1S/C16H17NO3/c17-12-6-7-15(19-13-4-2-1-3-5-13)16(10-12)20-14-8-9-18-11-14/h1-7,10,14H,8-9,11,17H2. The summed E-state index contributed by atoms with van der Waals surface area (Å²) in [6.07, 6.45) is 0.953. The second-order valence-electron chi connectivity index (χ2n) is 4.72. The zero-order chi connectivity index (χ0) is 13.8. The van der Waals surface area contributed by atoms with E-state index in [1.54, 1.807) is 12.1 Å². The van der Waals surface area contributed by atoms with Gasteiger partial charge in [0.05, 0.1) is 13.2 Å². The van der Waals surface area contributed by atoms with Crippen LogP contribution in [0.2, 0.25) is 0 Å². The molecule has 0 saturated carbocycles. The molecule has 3 rings (SSSR count). The lowest BCUT2D eigenvalue weighted by Gasteiger charge is -2.16. The van der Waals surface area contributed by atoms with Crippen LogP contribution in [0.5, 0.6) is 17.2 Å². The molecule has 2 aromatic carbocycles. The fraction of sp³-hybridized carbons (Fsp3) is 0.250. The highest BCUT2D eigenvalue weighted by molar-refractivity contribution is 5.53. The zero-order valence-corrected chi connectivity index (χ0v) is 11.1. The van der Waals surface area contributed by atoms with E-state index in [4.69, 9.17) is 19.9 Å². The molecule has 2 aromatic rings. The molecule has 0 bridgehead atoms. The molecule has 0 aliphatic carbocycles. The van der Waals surface area contributed by atoms with Gasteiger partial charge in [0.1, 0.15) is 11.9 Å². The molecule has 4 nitrogen and oxygen atoms in total. The summed E-state index contributed by atoms with van der Waals surface area (Å²) in [5.41, 5.74) is 6.48.